The first-order chi connectivity index (χ1) is 14.6. The van der Waals surface area contributed by atoms with E-state index in [9.17, 15) is 14.4 Å². The summed E-state index contributed by atoms with van der Waals surface area (Å²) in [6, 6.07) is 22.1. The van der Waals surface area contributed by atoms with Crippen molar-refractivity contribution in [3.8, 4) is 0 Å². The van der Waals surface area contributed by atoms with Crippen molar-refractivity contribution < 1.29 is 14.4 Å². The quantitative estimate of drug-likeness (QED) is 0.469. The lowest BCUT2D eigenvalue weighted by molar-refractivity contribution is -0.128. The first-order valence-electron chi connectivity index (χ1n) is 9.88. The van der Waals surface area contributed by atoms with E-state index in [0.717, 1.165) is 28.5 Å². The summed E-state index contributed by atoms with van der Waals surface area (Å²) in [4.78, 5) is 41.5. The fraction of sp³-hybridized carbons (Fsp3) is 0.160. The van der Waals surface area contributed by atoms with Crippen LogP contribution in [0.1, 0.15) is 28.2 Å². The molecular weight excluding hydrogens is 398 g/mol. The predicted octanol–water partition coefficient (Wildman–Crippen LogP) is 4.09. The van der Waals surface area contributed by atoms with Crippen LogP contribution < -0.4 is 4.90 Å². The van der Waals surface area contributed by atoms with Gasteiger partial charge >= 0.3 is 0 Å². The maximum Gasteiger partial charge on any atom is 0.239 e. The van der Waals surface area contributed by atoms with Crippen molar-refractivity contribution in [2.75, 3.05) is 4.90 Å². The fourth-order valence-electron chi connectivity index (χ4n) is 5.88. The van der Waals surface area contributed by atoms with E-state index in [0.29, 0.717) is 10.7 Å². The van der Waals surface area contributed by atoms with E-state index in [1.807, 2.05) is 48.5 Å². The van der Waals surface area contributed by atoms with E-state index in [1.54, 1.807) is 24.3 Å². The van der Waals surface area contributed by atoms with Gasteiger partial charge in [0.2, 0.25) is 11.8 Å². The molecule has 146 valence electrons. The molecule has 1 aliphatic heterocycles. The average Bonchev–Trinajstić information content (AvgIpc) is 3.05. The van der Waals surface area contributed by atoms with Gasteiger partial charge in [0, 0.05) is 10.9 Å². The highest BCUT2D eigenvalue weighted by Crippen LogP contribution is 2.63. The lowest BCUT2D eigenvalue weighted by Crippen LogP contribution is -2.54. The summed E-state index contributed by atoms with van der Waals surface area (Å²) in [6.45, 7) is 0. The number of halogens is 1. The molecule has 2 bridgehead atoms. The van der Waals surface area contributed by atoms with Gasteiger partial charge in [-0.3, -0.25) is 9.59 Å². The van der Waals surface area contributed by atoms with Crippen LogP contribution in [0, 0.1) is 11.8 Å². The second kappa shape index (κ2) is 5.89. The lowest BCUT2D eigenvalue weighted by Gasteiger charge is -2.51. The van der Waals surface area contributed by atoms with E-state index in [4.69, 9.17) is 11.6 Å². The standard InChI is InChI=1S/C25H16ClNO3/c26-14-9-11-15(12-10-14)27-23(29)21-20-16-5-1-3-7-18(16)25(13-28,22(21)24(27)30)19-8-4-2-6-17(19)20/h1-13,20-22H/t20?,21-,22+,25?/m0/s1. The van der Waals surface area contributed by atoms with E-state index in [2.05, 4.69) is 0 Å². The number of hydrogen-bond donors (Lipinski definition) is 0. The molecule has 30 heavy (non-hydrogen) atoms. The number of imide groups is 1. The number of anilines is 1. The molecule has 7 rings (SSSR count). The van der Waals surface area contributed by atoms with Gasteiger partial charge in [0.25, 0.3) is 0 Å². The van der Waals surface area contributed by atoms with Gasteiger partial charge in [0.05, 0.1) is 22.9 Å². The van der Waals surface area contributed by atoms with E-state index in [1.165, 1.54) is 4.90 Å². The van der Waals surface area contributed by atoms with E-state index < -0.39 is 17.3 Å². The minimum absolute atomic E-state index is 0.252. The Hall–Kier alpha value is -3.24. The summed E-state index contributed by atoms with van der Waals surface area (Å²) in [6.07, 6.45) is 0.883. The molecule has 0 spiro atoms. The van der Waals surface area contributed by atoms with Gasteiger partial charge < -0.3 is 4.79 Å². The van der Waals surface area contributed by atoms with Gasteiger partial charge in [0.15, 0.2) is 0 Å². The molecule has 1 saturated heterocycles. The fourth-order valence-corrected chi connectivity index (χ4v) is 6.00. The molecule has 4 nitrogen and oxygen atoms in total. The summed E-state index contributed by atoms with van der Waals surface area (Å²) in [5, 5.41) is 0.527. The zero-order chi connectivity index (χ0) is 20.6. The van der Waals surface area contributed by atoms with Gasteiger partial charge in [-0.15, -0.1) is 0 Å². The van der Waals surface area contributed by atoms with Crippen molar-refractivity contribution in [2.24, 2.45) is 11.8 Å². The van der Waals surface area contributed by atoms with Crippen molar-refractivity contribution in [1.29, 1.82) is 0 Å². The van der Waals surface area contributed by atoms with Crippen molar-refractivity contribution in [1.82, 2.24) is 0 Å². The highest BCUT2D eigenvalue weighted by molar-refractivity contribution is 6.31. The Bertz CT molecular complexity index is 1200. The number of nitrogens with zero attached hydrogens (tertiary/aromatic N) is 1. The molecule has 3 aliphatic carbocycles. The molecule has 0 aromatic heterocycles. The molecule has 1 heterocycles. The molecule has 2 atom stereocenters. The summed E-state index contributed by atoms with van der Waals surface area (Å²) in [5.41, 5.74) is 2.92. The van der Waals surface area contributed by atoms with Crippen LogP contribution in [0.4, 0.5) is 5.69 Å². The molecule has 0 unspecified atom stereocenters. The topological polar surface area (TPSA) is 54.5 Å². The predicted molar refractivity (Wildman–Crippen MR) is 112 cm³/mol. The Balaban J connectivity index is 1.64. The SMILES string of the molecule is O=CC12c3ccccc3C(c3ccccc31)[C@@H]1C(=O)N(c3ccc(Cl)cc3)C(=O)[C@@H]12. The normalized spacial score (nSPS) is 28.2. The second-order valence-corrected chi connectivity index (χ2v) is 8.57. The minimum Gasteiger partial charge on any atom is -0.302 e. The average molecular weight is 414 g/mol. The van der Waals surface area contributed by atoms with Crippen LogP contribution in [-0.2, 0) is 19.8 Å². The summed E-state index contributed by atoms with van der Waals surface area (Å²) < 4.78 is 0. The Morgan fingerprint density at radius 1 is 0.800 bits per heavy atom. The minimum atomic E-state index is -1.17. The number of rotatable bonds is 2. The number of aldehydes is 1. The number of hydrogen-bond acceptors (Lipinski definition) is 3. The Morgan fingerprint density at radius 3 is 1.93 bits per heavy atom. The Labute approximate surface area is 178 Å². The molecule has 3 aromatic carbocycles. The molecule has 1 fully saturated rings. The van der Waals surface area contributed by atoms with Crippen LogP contribution in [0.15, 0.2) is 72.8 Å². The van der Waals surface area contributed by atoms with Crippen LogP contribution in [0.25, 0.3) is 0 Å². The molecule has 0 radical (unpaired) electrons. The summed E-state index contributed by atoms with van der Waals surface area (Å²) in [7, 11) is 0. The highest BCUT2D eigenvalue weighted by atomic mass is 35.5. The maximum absolute atomic E-state index is 13.7. The van der Waals surface area contributed by atoms with Gasteiger partial charge in [-0.05, 0) is 46.5 Å². The molecule has 2 amide bonds. The first-order valence-corrected chi connectivity index (χ1v) is 10.3. The lowest BCUT2D eigenvalue weighted by atomic mass is 9.48. The van der Waals surface area contributed by atoms with Crippen molar-refractivity contribution in [2.45, 2.75) is 11.3 Å². The van der Waals surface area contributed by atoms with Crippen molar-refractivity contribution in [3.63, 3.8) is 0 Å². The Morgan fingerprint density at radius 2 is 1.37 bits per heavy atom. The van der Waals surface area contributed by atoms with Gasteiger partial charge in [-0.2, -0.15) is 0 Å². The molecule has 3 aromatic rings. The number of carbonyl (C=O) groups is 3. The second-order valence-electron chi connectivity index (χ2n) is 8.13. The van der Waals surface area contributed by atoms with Crippen LogP contribution >= 0.6 is 11.6 Å². The third-order valence-electron chi connectivity index (χ3n) is 6.95. The number of benzene rings is 3. The highest BCUT2D eigenvalue weighted by Gasteiger charge is 2.68. The molecule has 5 heteroatoms. The summed E-state index contributed by atoms with van der Waals surface area (Å²) >= 11 is 6.00. The van der Waals surface area contributed by atoms with Crippen LogP contribution in [0.5, 0.6) is 0 Å². The summed E-state index contributed by atoms with van der Waals surface area (Å²) in [5.74, 6) is -2.20. The molecule has 0 N–H and O–H groups in total. The van der Waals surface area contributed by atoms with Crippen LogP contribution in [0.2, 0.25) is 5.02 Å². The maximum atomic E-state index is 13.7. The van der Waals surface area contributed by atoms with Crippen LogP contribution in [0.3, 0.4) is 0 Å². The number of amides is 2. The first kappa shape index (κ1) is 17.6. The van der Waals surface area contributed by atoms with Gasteiger partial charge in [0.1, 0.15) is 6.29 Å². The number of carbonyl (C=O) groups excluding carboxylic acids is 3. The van der Waals surface area contributed by atoms with Crippen LogP contribution in [-0.4, -0.2) is 18.1 Å². The van der Waals surface area contributed by atoms with Crippen molar-refractivity contribution >= 4 is 35.4 Å². The zero-order valence-corrected chi connectivity index (χ0v) is 16.5. The largest absolute Gasteiger partial charge is 0.302 e. The van der Waals surface area contributed by atoms with Crippen molar-refractivity contribution in [3.05, 3.63) is 100 Å². The molecule has 0 saturated carbocycles. The monoisotopic (exact) mass is 413 g/mol. The van der Waals surface area contributed by atoms with E-state index in [-0.39, 0.29) is 17.7 Å². The van der Waals surface area contributed by atoms with Gasteiger partial charge in [-0.25, -0.2) is 4.90 Å². The third-order valence-corrected chi connectivity index (χ3v) is 7.21. The third kappa shape index (κ3) is 1.90. The molecular formula is C25H16ClNO3. The smallest absolute Gasteiger partial charge is 0.239 e. The van der Waals surface area contributed by atoms with Gasteiger partial charge in [-0.1, -0.05) is 60.1 Å². The molecule has 4 aliphatic rings. The van der Waals surface area contributed by atoms with E-state index >= 15 is 0 Å². The Kier molecular flexibility index (Phi) is 3.46. The zero-order valence-electron chi connectivity index (χ0n) is 15.8.